The van der Waals surface area contributed by atoms with Crippen molar-refractivity contribution >= 4 is 11.8 Å². The van der Waals surface area contributed by atoms with Gasteiger partial charge in [0, 0.05) is 10.8 Å². The molecule has 0 aliphatic carbocycles. The van der Waals surface area contributed by atoms with Crippen molar-refractivity contribution in [3.05, 3.63) is 96.1 Å². The number of thioether (sulfide) groups is 1. The topological polar surface area (TPSA) is 23.5 Å². The summed E-state index contributed by atoms with van der Waals surface area (Å²) >= 11 is 1.93. The second-order valence-corrected chi connectivity index (χ2v) is 8.33. The highest BCUT2D eigenvalue weighted by Crippen LogP contribution is 2.29. The van der Waals surface area contributed by atoms with Gasteiger partial charge in [-0.1, -0.05) is 60.7 Å². The van der Waals surface area contributed by atoms with E-state index < -0.39 is 0 Å². The van der Waals surface area contributed by atoms with Crippen LogP contribution in [0.1, 0.15) is 29.9 Å². The van der Waals surface area contributed by atoms with Crippen molar-refractivity contribution < 1.29 is 5.11 Å². The number of aromatic hydroxyl groups is 1. The van der Waals surface area contributed by atoms with Gasteiger partial charge in [-0.25, -0.2) is 0 Å². The van der Waals surface area contributed by atoms with Gasteiger partial charge in [0.25, 0.3) is 0 Å². The first-order valence-electron chi connectivity index (χ1n) is 9.92. The average Bonchev–Trinajstić information content (AvgIpc) is 2.74. The van der Waals surface area contributed by atoms with E-state index in [2.05, 4.69) is 72.6 Å². The molecule has 0 bridgehead atoms. The average molecular weight is 392 g/mol. The number of hydrogen-bond acceptors (Lipinski definition) is 3. The Hall–Kier alpha value is -2.23. The molecule has 28 heavy (non-hydrogen) atoms. The Balaban J connectivity index is 1.51. The van der Waals surface area contributed by atoms with Gasteiger partial charge >= 0.3 is 0 Å². The summed E-state index contributed by atoms with van der Waals surface area (Å²) in [5, 5.41) is 9.62. The van der Waals surface area contributed by atoms with E-state index in [1.807, 2.05) is 23.9 Å². The largest absolute Gasteiger partial charge is 0.508 e. The van der Waals surface area contributed by atoms with Gasteiger partial charge in [0.1, 0.15) is 5.75 Å². The van der Waals surface area contributed by atoms with Crippen LogP contribution in [0.3, 0.4) is 0 Å². The maximum atomic E-state index is 9.62. The van der Waals surface area contributed by atoms with E-state index in [-0.39, 0.29) is 0 Å². The third kappa shape index (κ3) is 6.43. The van der Waals surface area contributed by atoms with E-state index in [1.54, 1.807) is 12.1 Å². The quantitative estimate of drug-likeness (QED) is 0.337. The Morgan fingerprint density at radius 1 is 0.786 bits per heavy atom. The lowest BCUT2D eigenvalue weighted by molar-refractivity contribution is 0.325. The van der Waals surface area contributed by atoms with Crippen molar-refractivity contribution in [2.45, 2.75) is 23.7 Å². The lowest BCUT2D eigenvalue weighted by Crippen LogP contribution is -2.23. The van der Waals surface area contributed by atoms with E-state index in [9.17, 15) is 5.11 Å². The van der Waals surface area contributed by atoms with Crippen LogP contribution < -0.4 is 0 Å². The molecule has 0 spiro atoms. The van der Waals surface area contributed by atoms with Gasteiger partial charge in [0.15, 0.2) is 0 Å². The first-order chi connectivity index (χ1) is 13.7. The second kappa shape index (κ2) is 10.9. The first kappa shape index (κ1) is 20.5. The fraction of sp³-hybridized carbons (Fsp3) is 0.280. The van der Waals surface area contributed by atoms with Gasteiger partial charge in [-0.15, -0.1) is 11.8 Å². The van der Waals surface area contributed by atoms with E-state index >= 15 is 0 Å². The van der Waals surface area contributed by atoms with E-state index in [0.29, 0.717) is 11.7 Å². The zero-order valence-corrected chi connectivity index (χ0v) is 17.3. The highest BCUT2D eigenvalue weighted by Gasteiger charge is 2.15. The van der Waals surface area contributed by atoms with Crippen LogP contribution in [0.25, 0.3) is 0 Å². The van der Waals surface area contributed by atoms with Crippen LogP contribution in [0.15, 0.2) is 89.8 Å². The number of rotatable bonds is 10. The van der Waals surface area contributed by atoms with Crippen LogP contribution in [-0.4, -0.2) is 35.9 Å². The van der Waals surface area contributed by atoms with E-state index in [4.69, 9.17) is 0 Å². The SMILES string of the molecule is CN(CCCSc1ccccc1)CCC(c1ccccc1)c1ccc(O)cc1. The maximum Gasteiger partial charge on any atom is 0.115 e. The minimum atomic E-state index is 0.323. The molecule has 0 radical (unpaired) electrons. The zero-order chi connectivity index (χ0) is 19.6. The summed E-state index contributed by atoms with van der Waals surface area (Å²) in [5.74, 6) is 1.82. The molecule has 3 heteroatoms. The molecule has 146 valence electrons. The fourth-order valence-corrected chi connectivity index (χ4v) is 4.28. The zero-order valence-electron chi connectivity index (χ0n) is 16.5. The summed E-state index contributed by atoms with van der Waals surface area (Å²) < 4.78 is 0. The third-order valence-corrected chi connectivity index (χ3v) is 6.09. The first-order valence-corrected chi connectivity index (χ1v) is 10.9. The predicted molar refractivity (Wildman–Crippen MR) is 120 cm³/mol. The molecular weight excluding hydrogens is 362 g/mol. The predicted octanol–water partition coefficient (Wildman–Crippen LogP) is 6.03. The van der Waals surface area contributed by atoms with Crippen molar-refractivity contribution in [3.8, 4) is 5.75 Å². The Labute approximate surface area is 173 Å². The van der Waals surface area contributed by atoms with Crippen LogP contribution in [0, 0.1) is 0 Å². The van der Waals surface area contributed by atoms with Gasteiger partial charge in [-0.3, -0.25) is 0 Å². The summed E-state index contributed by atoms with van der Waals surface area (Å²) in [5.41, 5.74) is 2.60. The molecule has 1 N–H and O–H groups in total. The van der Waals surface area contributed by atoms with Crippen LogP contribution in [0.4, 0.5) is 0 Å². The monoisotopic (exact) mass is 391 g/mol. The van der Waals surface area contributed by atoms with Gasteiger partial charge < -0.3 is 10.0 Å². The second-order valence-electron chi connectivity index (χ2n) is 7.16. The van der Waals surface area contributed by atoms with Crippen LogP contribution in [-0.2, 0) is 0 Å². The fourth-order valence-electron chi connectivity index (χ4n) is 3.42. The standard InChI is InChI=1S/C25H29NOS/c1-26(18-8-20-28-24-11-6-3-7-12-24)19-17-25(21-9-4-2-5-10-21)22-13-15-23(27)16-14-22/h2-7,9-16,25,27H,8,17-20H2,1H3. The molecule has 0 aliphatic heterocycles. The highest BCUT2D eigenvalue weighted by atomic mass is 32.2. The molecule has 1 atom stereocenters. The molecule has 1 unspecified atom stereocenters. The van der Waals surface area contributed by atoms with Gasteiger partial charge in [-0.05, 0) is 74.1 Å². The molecule has 3 aromatic rings. The number of nitrogens with zero attached hydrogens (tertiary/aromatic N) is 1. The summed E-state index contributed by atoms with van der Waals surface area (Å²) in [6.07, 6.45) is 2.25. The lowest BCUT2D eigenvalue weighted by Gasteiger charge is -2.22. The maximum absolute atomic E-state index is 9.62. The molecular formula is C25H29NOS. The van der Waals surface area contributed by atoms with Crippen LogP contribution in [0.2, 0.25) is 0 Å². The lowest BCUT2D eigenvalue weighted by atomic mass is 9.88. The Bertz CT molecular complexity index is 805. The number of benzene rings is 3. The van der Waals surface area contributed by atoms with Crippen molar-refractivity contribution in [2.75, 3.05) is 25.9 Å². The van der Waals surface area contributed by atoms with Crippen LogP contribution >= 0.6 is 11.8 Å². The van der Waals surface area contributed by atoms with Crippen molar-refractivity contribution in [2.24, 2.45) is 0 Å². The molecule has 0 fully saturated rings. The molecule has 0 saturated carbocycles. The number of phenols is 1. The summed E-state index contributed by atoms with van der Waals surface area (Å²) in [7, 11) is 2.21. The Morgan fingerprint density at radius 2 is 1.39 bits per heavy atom. The third-order valence-electron chi connectivity index (χ3n) is 4.99. The van der Waals surface area contributed by atoms with Crippen molar-refractivity contribution in [3.63, 3.8) is 0 Å². The molecule has 3 rings (SSSR count). The molecule has 0 aliphatic rings. The Kier molecular flexibility index (Phi) is 8.01. The van der Waals surface area contributed by atoms with Crippen molar-refractivity contribution in [1.82, 2.24) is 4.90 Å². The van der Waals surface area contributed by atoms with Crippen LogP contribution in [0.5, 0.6) is 5.75 Å². The van der Waals surface area contributed by atoms with Gasteiger partial charge in [-0.2, -0.15) is 0 Å². The molecule has 0 amide bonds. The Morgan fingerprint density at radius 3 is 2.07 bits per heavy atom. The number of hydrogen-bond donors (Lipinski definition) is 1. The van der Waals surface area contributed by atoms with E-state index in [1.165, 1.54) is 22.4 Å². The highest BCUT2D eigenvalue weighted by molar-refractivity contribution is 7.99. The molecule has 0 saturated heterocycles. The van der Waals surface area contributed by atoms with Gasteiger partial charge in [0.05, 0.1) is 0 Å². The summed E-state index contributed by atoms with van der Waals surface area (Å²) in [4.78, 5) is 3.78. The van der Waals surface area contributed by atoms with Gasteiger partial charge in [0.2, 0.25) is 0 Å². The van der Waals surface area contributed by atoms with Crippen molar-refractivity contribution in [1.29, 1.82) is 0 Å². The molecule has 2 nitrogen and oxygen atoms in total. The minimum Gasteiger partial charge on any atom is -0.508 e. The normalized spacial score (nSPS) is 12.2. The minimum absolute atomic E-state index is 0.323. The molecule has 0 aromatic heterocycles. The summed E-state index contributed by atoms with van der Waals surface area (Å²) in [6.45, 7) is 2.16. The smallest absolute Gasteiger partial charge is 0.115 e. The van der Waals surface area contributed by atoms with E-state index in [0.717, 1.165) is 25.3 Å². The molecule has 3 aromatic carbocycles. The number of phenolic OH excluding ortho intramolecular Hbond substituents is 1. The summed E-state index contributed by atoms with van der Waals surface area (Å²) in [6, 6.07) is 29.0. The molecule has 0 heterocycles.